The molecular formula is C13H15IO. The fourth-order valence-electron chi connectivity index (χ4n) is 2.26. The summed E-state index contributed by atoms with van der Waals surface area (Å²) in [5, 5.41) is 0. The van der Waals surface area contributed by atoms with Crippen molar-refractivity contribution in [3.8, 4) is 0 Å². The van der Waals surface area contributed by atoms with Crippen molar-refractivity contribution < 1.29 is 4.79 Å². The van der Waals surface area contributed by atoms with Crippen molar-refractivity contribution in [2.75, 3.05) is 0 Å². The van der Waals surface area contributed by atoms with Gasteiger partial charge >= 0.3 is 0 Å². The fraction of sp³-hybridized carbons (Fsp3) is 0.462. The quantitative estimate of drug-likeness (QED) is 0.456. The maximum absolute atomic E-state index is 10.6. The molecule has 15 heavy (non-hydrogen) atoms. The monoisotopic (exact) mass is 314 g/mol. The number of halogens is 1. The van der Waals surface area contributed by atoms with Crippen molar-refractivity contribution in [1.82, 2.24) is 0 Å². The zero-order chi connectivity index (χ0) is 10.7. The van der Waals surface area contributed by atoms with E-state index in [2.05, 4.69) is 34.7 Å². The SMILES string of the molecule is O=Cc1ccc(C2(I)CCCCC2)cc1. The number of carbonyl (C=O) groups excluding carboxylic acids is 1. The first kappa shape index (κ1) is 11.1. The highest BCUT2D eigenvalue weighted by Gasteiger charge is 2.30. The molecule has 2 heteroatoms. The van der Waals surface area contributed by atoms with Crippen LogP contribution in [0.3, 0.4) is 0 Å². The number of aldehydes is 1. The van der Waals surface area contributed by atoms with Crippen LogP contribution >= 0.6 is 22.6 Å². The van der Waals surface area contributed by atoms with Crippen LogP contribution in [0.5, 0.6) is 0 Å². The van der Waals surface area contributed by atoms with Gasteiger partial charge in [0.05, 0.1) is 0 Å². The first-order chi connectivity index (χ1) is 7.24. The molecular weight excluding hydrogens is 299 g/mol. The molecule has 0 unspecified atom stereocenters. The first-order valence-electron chi connectivity index (χ1n) is 5.49. The van der Waals surface area contributed by atoms with Crippen LogP contribution in [0, 0.1) is 0 Å². The Morgan fingerprint density at radius 1 is 1.07 bits per heavy atom. The fourth-order valence-corrected chi connectivity index (χ4v) is 3.38. The summed E-state index contributed by atoms with van der Waals surface area (Å²) in [7, 11) is 0. The lowest BCUT2D eigenvalue weighted by molar-refractivity contribution is 0.112. The van der Waals surface area contributed by atoms with E-state index in [1.165, 1.54) is 37.7 Å². The molecule has 1 aromatic carbocycles. The van der Waals surface area contributed by atoms with E-state index in [-0.39, 0.29) is 0 Å². The highest BCUT2D eigenvalue weighted by atomic mass is 127. The van der Waals surface area contributed by atoms with Crippen molar-refractivity contribution in [2.45, 2.75) is 35.5 Å². The van der Waals surface area contributed by atoms with Crippen LogP contribution in [-0.4, -0.2) is 6.29 Å². The molecule has 1 aliphatic carbocycles. The molecule has 0 aliphatic heterocycles. The van der Waals surface area contributed by atoms with E-state index >= 15 is 0 Å². The zero-order valence-corrected chi connectivity index (χ0v) is 10.9. The molecule has 2 rings (SSSR count). The van der Waals surface area contributed by atoms with E-state index < -0.39 is 0 Å². The van der Waals surface area contributed by atoms with E-state index in [4.69, 9.17) is 0 Å². The minimum Gasteiger partial charge on any atom is -0.298 e. The van der Waals surface area contributed by atoms with Gasteiger partial charge in [0.25, 0.3) is 0 Å². The maximum atomic E-state index is 10.6. The average Bonchev–Trinajstić information content (AvgIpc) is 2.30. The highest BCUT2D eigenvalue weighted by Crippen LogP contribution is 2.44. The summed E-state index contributed by atoms with van der Waals surface area (Å²) in [6.45, 7) is 0. The van der Waals surface area contributed by atoms with Crippen molar-refractivity contribution in [3.63, 3.8) is 0 Å². The van der Waals surface area contributed by atoms with Crippen LogP contribution in [0.4, 0.5) is 0 Å². The second-order valence-corrected chi connectivity index (χ2v) is 6.33. The lowest BCUT2D eigenvalue weighted by atomic mass is 9.84. The Hall–Kier alpha value is -0.380. The largest absolute Gasteiger partial charge is 0.298 e. The molecule has 1 aliphatic rings. The Morgan fingerprint density at radius 3 is 2.20 bits per heavy atom. The van der Waals surface area contributed by atoms with E-state index in [0.717, 1.165) is 11.8 Å². The molecule has 0 aromatic heterocycles. The molecule has 0 atom stereocenters. The zero-order valence-electron chi connectivity index (χ0n) is 8.71. The predicted molar refractivity (Wildman–Crippen MR) is 70.6 cm³/mol. The molecule has 1 nitrogen and oxygen atoms in total. The van der Waals surface area contributed by atoms with Crippen molar-refractivity contribution in [2.24, 2.45) is 0 Å². The minimum atomic E-state index is 0.317. The highest BCUT2D eigenvalue weighted by molar-refractivity contribution is 14.1. The molecule has 80 valence electrons. The van der Waals surface area contributed by atoms with Gasteiger partial charge in [-0.1, -0.05) is 66.1 Å². The Kier molecular flexibility index (Phi) is 3.44. The van der Waals surface area contributed by atoms with Gasteiger partial charge in [-0.2, -0.15) is 0 Å². The van der Waals surface area contributed by atoms with Crippen molar-refractivity contribution >= 4 is 28.9 Å². The van der Waals surface area contributed by atoms with Crippen LogP contribution < -0.4 is 0 Å². The normalized spacial score (nSPS) is 19.8. The maximum Gasteiger partial charge on any atom is 0.150 e. The molecule has 1 aromatic rings. The number of hydrogen-bond donors (Lipinski definition) is 0. The van der Waals surface area contributed by atoms with E-state index in [9.17, 15) is 4.79 Å². The van der Waals surface area contributed by atoms with Gasteiger partial charge in [-0.3, -0.25) is 4.79 Å². The van der Waals surface area contributed by atoms with Crippen LogP contribution in [-0.2, 0) is 3.42 Å². The second kappa shape index (κ2) is 4.64. The van der Waals surface area contributed by atoms with Crippen LogP contribution in [0.25, 0.3) is 0 Å². The van der Waals surface area contributed by atoms with E-state index in [0.29, 0.717) is 3.42 Å². The van der Waals surface area contributed by atoms with Crippen molar-refractivity contribution in [1.29, 1.82) is 0 Å². The minimum absolute atomic E-state index is 0.317. The average molecular weight is 314 g/mol. The number of alkyl halides is 1. The standard InChI is InChI=1S/C13H15IO/c14-13(8-2-1-3-9-13)12-6-4-11(10-15)5-7-12/h4-7,10H,1-3,8-9H2. The first-order valence-corrected chi connectivity index (χ1v) is 6.57. The van der Waals surface area contributed by atoms with Gasteiger partial charge in [-0.25, -0.2) is 0 Å². The van der Waals surface area contributed by atoms with E-state index in [1.807, 2.05) is 12.1 Å². The summed E-state index contributed by atoms with van der Waals surface area (Å²) in [6.07, 6.45) is 7.49. The number of hydrogen-bond acceptors (Lipinski definition) is 1. The predicted octanol–water partition coefficient (Wildman–Crippen LogP) is 4.09. The second-order valence-electron chi connectivity index (χ2n) is 4.27. The summed E-state index contributed by atoms with van der Waals surface area (Å²) in [6, 6.07) is 8.08. The molecule has 0 N–H and O–H groups in total. The third-order valence-corrected chi connectivity index (χ3v) is 4.91. The smallest absolute Gasteiger partial charge is 0.150 e. The summed E-state index contributed by atoms with van der Waals surface area (Å²) in [5.74, 6) is 0. The molecule has 1 saturated carbocycles. The van der Waals surface area contributed by atoms with Gasteiger partial charge in [0.1, 0.15) is 6.29 Å². The molecule has 0 saturated heterocycles. The molecule has 0 heterocycles. The lowest BCUT2D eigenvalue weighted by Crippen LogP contribution is -2.21. The number of benzene rings is 1. The third-order valence-electron chi connectivity index (χ3n) is 3.21. The Morgan fingerprint density at radius 2 is 1.67 bits per heavy atom. The van der Waals surface area contributed by atoms with E-state index in [1.54, 1.807) is 0 Å². The van der Waals surface area contributed by atoms with Gasteiger partial charge in [0.2, 0.25) is 0 Å². The van der Waals surface area contributed by atoms with Gasteiger partial charge < -0.3 is 0 Å². The van der Waals surface area contributed by atoms with Crippen molar-refractivity contribution in [3.05, 3.63) is 35.4 Å². The van der Waals surface area contributed by atoms with Gasteiger partial charge in [-0.15, -0.1) is 0 Å². The Bertz CT molecular complexity index is 336. The third kappa shape index (κ3) is 2.41. The molecule has 0 spiro atoms. The van der Waals surface area contributed by atoms with Crippen LogP contribution in [0.1, 0.15) is 48.0 Å². The molecule has 0 bridgehead atoms. The number of rotatable bonds is 2. The molecule has 0 amide bonds. The summed E-state index contributed by atoms with van der Waals surface area (Å²) in [4.78, 5) is 10.6. The molecule has 1 fully saturated rings. The molecule has 0 radical (unpaired) electrons. The van der Waals surface area contributed by atoms with Gasteiger partial charge in [0, 0.05) is 8.99 Å². The van der Waals surface area contributed by atoms with Crippen LogP contribution in [0.2, 0.25) is 0 Å². The summed E-state index contributed by atoms with van der Waals surface area (Å²) in [5.41, 5.74) is 2.16. The Balaban J connectivity index is 2.23. The van der Waals surface area contributed by atoms with Gasteiger partial charge in [0.15, 0.2) is 0 Å². The number of carbonyl (C=O) groups is 1. The van der Waals surface area contributed by atoms with Gasteiger partial charge in [-0.05, 0) is 18.4 Å². The Labute approximate surface area is 104 Å². The summed E-state index contributed by atoms with van der Waals surface area (Å²) >= 11 is 2.59. The van der Waals surface area contributed by atoms with Crippen LogP contribution in [0.15, 0.2) is 24.3 Å². The summed E-state index contributed by atoms with van der Waals surface area (Å²) < 4.78 is 0.317. The topological polar surface area (TPSA) is 17.1 Å². The lowest BCUT2D eigenvalue weighted by Gasteiger charge is -2.32.